The molecule has 1 atom stereocenters. The molecule has 0 radical (unpaired) electrons. The predicted molar refractivity (Wildman–Crippen MR) is 81.6 cm³/mol. The van der Waals surface area contributed by atoms with Gasteiger partial charge in [-0.05, 0) is 27.2 Å². The van der Waals surface area contributed by atoms with Crippen molar-refractivity contribution in [1.29, 1.82) is 0 Å². The number of carboxylic acids is 1. The number of likely N-dealkylation sites (tertiary alicyclic amines) is 1. The first kappa shape index (κ1) is 19.1. The van der Waals surface area contributed by atoms with Crippen LogP contribution in [-0.4, -0.2) is 52.8 Å². The van der Waals surface area contributed by atoms with Gasteiger partial charge in [0.05, 0.1) is 5.41 Å². The molecule has 1 unspecified atom stereocenters. The number of Topliss-reactive ketones (excluding diaryl/α,β-unsaturated/α-hetero) is 1. The first-order chi connectivity index (χ1) is 10.6. The van der Waals surface area contributed by atoms with Gasteiger partial charge in [0.25, 0.3) is 5.78 Å². The maximum atomic E-state index is 12.3. The lowest BCUT2D eigenvalue weighted by Gasteiger charge is -2.34. The maximum Gasteiger partial charge on any atom is 0.373 e. The summed E-state index contributed by atoms with van der Waals surface area (Å²) >= 11 is 0. The molecular weight excluding hydrogens is 302 g/mol. The monoisotopic (exact) mass is 327 g/mol. The Morgan fingerprint density at radius 1 is 1.17 bits per heavy atom. The molecule has 7 nitrogen and oxygen atoms in total. The second kappa shape index (κ2) is 7.57. The van der Waals surface area contributed by atoms with Crippen LogP contribution in [-0.2, 0) is 23.9 Å². The van der Waals surface area contributed by atoms with Gasteiger partial charge in [0, 0.05) is 25.9 Å². The summed E-state index contributed by atoms with van der Waals surface area (Å²) in [5, 5.41) is 8.77. The minimum atomic E-state index is -1.58. The van der Waals surface area contributed by atoms with E-state index in [9.17, 15) is 19.2 Å². The van der Waals surface area contributed by atoms with Crippen LogP contribution in [0.5, 0.6) is 0 Å². The zero-order chi connectivity index (χ0) is 17.8. The second-order valence-corrected chi connectivity index (χ2v) is 6.81. The Kier molecular flexibility index (Phi) is 6.29. The van der Waals surface area contributed by atoms with Gasteiger partial charge < -0.3 is 14.7 Å². The summed E-state index contributed by atoms with van der Waals surface area (Å²) in [5.41, 5.74) is -0.575. The van der Waals surface area contributed by atoms with Crippen molar-refractivity contribution in [2.24, 2.45) is 11.3 Å². The molecule has 130 valence electrons. The molecule has 1 rings (SSSR count). The standard InChI is InChI=1S/C16H25NO6/c1-5-11(12(18)14(20)21)13(19)17-8-6-10(7-9-17)23-15(22)16(2,3)4/h10-11H,5-9H2,1-4H3,(H,20,21). The summed E-state index contributed by atoms with van der Waals surface area (Å²) in [6.45, 7) is 7.64. The average Bonchev–Trinajstić information content (AvgIpc) is 2.47. The number of aliphatic carboxylic acids is 1. The van der Waals surface area contributed by atoms with Crippen molar-refractivity contribution in [3.05, 3.63) is 0 Å². The molecule has 1 aliphatic rings. The molecule has 0 aromatic rings. The molecule has 0 bridgehead atoms. The number of hydrogen-bond acceptors (Lipinski definition) is 5. The highest BCUT2D eigenvalue weighted by Gasteiger charge is 2.35. The van der Waals surface area contributed by atoms with Crippen LogP contribution in [0.15, 0.2) is 0 Å². The van der Waals surface area contributed by atoms with Gasteiger partial charge in [0.1, 0.15) is 12.0 Å². The Bertz CT molecular complexity index is 485. The first-order valence-electron chi connectivity index (χ1n) is 7.85. The Morgan fingerprint density at radius 3 is 2.09 bits per heavy atom. The van der Waals surface area contributed by atoms with Crippen molar-refractivity contribution in [2.45, 2.75) is 53.1 Å². The fourth-order valence-electron chi connectivity index (χ4n) is 2.36. The van der Waals surface area contributed by atoms with Crippen LogP contribution < -0.4 is 0 Å². The summed E-state index contributed by atoms with van der Waals surface area (Å²) in [5.74, 6) is -4.53. The molecule has 1 fully saturated rings. The number of hydrogen-bond donors (Lipinski definition) is 1. The maximum absolute atomic E-state index is 12.3. The van der Waals surface area contributed by atoms with Gasteiger partial charge in [0.2, 0.25) is 5.91 Å². The van der Waals surface area contributed by atoms with E-state index in [2.05, 4.69) is 0 Å². The number of carbonyl (C=O) groups is 4. The van der Waals surface area contributed by atoms with Crippen LogP contribution in [0.25, 0.3) is 0 Å². The van der Waals surface area contributed by atoms with Gasteiger partial charge in [-0.1, -0.05) is 6.92 Å². The van der Waals surface area contributed by atoms with E-state index in [0.29, 0.717) is 25.9 Å². The number of amides is 1. The van der Waals surface area contributed by atoms with E-state index < -0.39 is 29.0 Å². The van der Waals surface area contributed by atoms with E-state index in [1.807, 2.05) is 0 Å². The summed E-state index contributed by atoms with van der Waals surface area (Å²) in [4.78, 5) is 48.0. The molecular formula is C16H25NO6. The van der Waals surface area contributed by atoms with Gasteiger partial charge in [-0.2, -0.15) is 0 Å². The van der Waals surface area contributed by atoms with Crippen LogP contribution in [0.2, 0.25) is 0 Å². The zero-order valence-corrected chi connectivity index (χ0v) is 14.1. The third-order valence-corrected chi connectivity index (χ3v) is 3.87. The molecule has 1 heterocycles. The molecule has 1 aliphatic heterocycles. The zero-order valence-electron chi connectivity index (χ0n) is 14.1. The first-order valence-corrected chi connectivity index (χ1v) is 7.85. The van der Waals surface area contributed by atoms with Crippen LogP contribution in [0.4, 0.5) is 0 Å². The molecule has 0 aromatic heterocycles. The van der Waals surface area contributed by atoms with Crippen LogP contribution >= 0.6 is 0 Å². The van der Waals surface area contributed by atoms with Gasteiger partial charge >= 0.3 is 11.9 Å². The lowest BCUT2D eigenvalue weighted by atomic mass is 9.96. The minimum Gasteiger partial charge on any atom is -0.475 e. The smallest absolute Gasteiger partial charge is 0.373 e. The second-order valence-electron chi connectivity index (χ2n) is 6.81. The van der Waals surface area contributed by atoms with E-state index in [0.717, 1.165) is 0 Å². The van der Waals surface area contributed by atoms with Crippen molar-refractivity contribution in [3.8, 4) is 0 Å². The van der Waals surface area contributed by atoms with Gasteiger partial charge in [0.15, 0.2) is 0 Å². The van der Waals surface area contributed by atoms with E-state index in [4.69, 9.17) is 9.84 Å². The lowest BCUT2D eigenvalue weighted by molar-refractivity contribution is -0.162. The fraction of sp³-hybridized carbons (Fsp3) is 0.750. The summed E-state index contributed by atoms with van der Waals surface area (Å²) in [7, 11) is 0. The molecule has 1 amide bonds. The largest absolute Gasteiger partial charge is 0.475 e. The average molecular weight is 327 g/mol. The number of rotatable bonds is 5. The van der Waals surface area contributed by atoms with Gasteiger partial charge in [-0.15, -0.1) is 0 Å². The van der Waals surface area contributed by atoms with E-state index in [1.165, 1.54) is 4.90 Å². The third-order valence-electron chi connectivity index (χ3n) is 3.87. The number of carboxylic acid groups (broad SMARTS) is 1. The number of ketones is 1. The summed E-state index contributed by atoms with van der Waals surface area (Å²) < 4.78 is 5.42. The Labute approximate surface area is 136 Å². The highest BCUT2D eigenvalue weighted by atomic mass is 16.5. The lowest BCUT2D eigenvalue weighted by Crippen LogP contribution is -2.47. The van der Waals surface area contributed by atoms with Crippen LogP contribution in [0.3, 0.4) is 0 Å². The van der Waals surface area contributed by atoms with Crippen molar-refractivity contribution in [1.82, 2.24) is 4.90 Å². The molecule has 7 heteroatoms. The summed E-state index contributed by atoms with van der Waals surface area (Å²) in [6, 6.07) is 0. The SMILES string of the molecule is CCC(C(=O)C(=O)O)C(=O)N1CCC(OC(=O)C(C)(C)C)CC1. The molecule has 0 aromatic carbocycles. The molecule has 1 saturated heterocycles. The van der Waals surface area contributed by atoms with Crippen molar-refractivity contribution in [3.63, 3.8) is 0 Å². The number of ether oxygens (including phenoxy) is 1. The van der Waals surface area contributed by atoms with Gasteiger partial charge in [-0.3, -0.25) is 14.4 Å². The van der Waals surface area contributed by atoms with E-state index in [1.54, 1.807) is 27.7 Å². The quantitative estimate of drug-likeness (QED) is 0.463. The Hall–Kier alpha value is -1.92. The number of piperidine rings is 1. The predicted octanol–water partition coefficient (Wildman–Crippen LogP) is 1.25. The highest BCUT2D eigenvalue weighted by Crippen LogP contribution is 2.22. The topological polar surface area (TPSA) is 101 Å². The number of nitrogens with zero attached hydrogens (tertiary/aromatic N) is 1. The van der Waals surface area contributed by atoms with Crippen LogP contribution in [0, 0.1) is 11.3 Å². The Balaban J connectivity index is 2.58. The number of esters is 1. The highest BCUT2D eigenvalue weighted by molar-refractivity contribution is 6.37. The minimum absolute atomic E-state index is 0.156. The van der Waals surface area contributed by atoms with Crippen molar-refractivity contribution in [2.75, 3.05) is 13.1 Å². The molecule has 0 spiro atoms. The normalized spacial score (nSPS) is 17.5. The molecule has 23 heavy (non-hydrogen) atoms. The van der Waals surface area contributed by atoms with Crippen molar-refractivity contribution < 1.29 is 29.0 Å². The number of carbonyl (C=O) groups excluding carboxylic acids is 3. The van der Waals surface area contributed by atoms with Gasteiger partial charge in [-0.25, -0.2) is 4.79 Å². The van der Waals surface area contributed by atoms with E-state index in [-0.39, 0.29) is 18.5 Å². The Morgan fingerprint density at radius 2 is 1.70 bits per heavy atom. The molecule has 1 N–H and O–H groups in total. The van der Waals surface area contributed by atoms with Crippen LogP contribution in [0.1, 0.15) is 47.0 Å². The molecule has 0 aliphatic carbocycles. The van der Waals surface area contributed by atoms with E-state index >= 15 is 0 Å². The summed E-state index contributed by atoms with van der Waals surface area (Å²) in [6.07, 6.45) is 0.889. The van der Waals surface area contributed by atoms with Crippen molar-refractivity contribution >= 4 is 23.6 Å². The third kappa shape index (κ3) is 5.04. The fourth-order valence-corrected chi connectivity index (χ4v) is 2.36. The molecule has 0 saturated carbocycles.